The molecule has 6 aromatic heterocycles. The molecule has 0 amide bonds. The highest BCUT2D eigenvalue weighted by Gasteiger charge is 2.49. The first-order valence-corrected chi connectivity index (χ1v) is 22.0. The highest BCUT2D eigenvalue weighted by molar-refractivity contribution is 5.90. The molecule has 2 aliphatic rings. The lowest BCUT2D eigenvalue weighted by atomic mass is 9.91. The zero-order valence-corrected chi connectivity index (χ0v) is 36.6. The highest BCUT2D eigenvalue weighted by Crippen LogP contribution is 2.55. The number of carboxylic acid groups (broad SMARTS) is 1. The van der Waals surface area contributed by atoms with Crippen LogP contribution in [0.25, 0.3) is 55.6 Å². The average molecular weight is 869 g/mol. The van der Waals surface area contributed by atoms with Crippen LogP contribution in [0.3, 0.4) is 0 Å². The molecule has 12 nitrogen and oxygen atoms in total. The summed E-state index contributed by atoms with van der Waals surface area (Å²) in [4.78, 5) is 50.7. The van der Waals surface area contributed by atoms with Crippen molar-refractivity contribution in [3.8, 4) is 22.3 Å². The van der Waals surface area contributed by atoms with Gasteiger partial charge in [0.05, 0.1) is 45.9 Å². The SMILES string of the molecule is CC(C)(C)OC(=O)c1ccc(-c2cnc3ncc(C4(c5ccc6ncccc6c5)CC4)n3c2)cc1.O=C(O)c1ccc(-c2cnc3ncc(C4(c5ccc6ncccc6c5)CC4)n3c2)cc1. The number of carboxylic acids is 1. The van der Waals surface area contributed by atoms with Crippen molar-refractivity contribution in [2.24, 2.45) is 0 Å². The first-order valence-electron chi connectivity index (χ1n) is 22.0. The molecule has 0 bridgehead atoms. The summed E-state index contributed by atoms with van der Waals surface area (Å²) in [5.74, 6) is 0.0894. The highest BCUT2D eigenvalue weighted by atomic mass is 16.6. The van der Waals surface area contributed by atoms with E-state index < -0.39 is 11.6 Å². The van der Waals surface area contributed by atoms with Gasteiger partial charge in [-0.3, -0.25) is 18.8 Å². The van der Waals surface area contributed by atoms with E-state index >= 15 is 0 Å². The standard InChI is InChI=1S/C29H26N4O2.C25H18N4O2/c1-28(2,3)35-26(34)20-8-6-19(7-9-20)22-16-31-27-32-17-25(33(27)18-22)29(12-13-29)23-10-11-24-21(15-23)5-4-14-30-24;30-23(31)17-5-3-16(4-6-17)19-13-27-24-28-14-22(29(24)15-19)25(9-10-25)20-7-8-21-18(12-20)2-1-11-26-21/h4-11,14-18H,12-13H2,1-3H3;1-8,11-15H,9-10H2,(H,30,31). The van der Waals surface area contributed by atoms with E-state index in [1.165, 1.54) is 11.1 Å². The van der Waals surface area contributed by atoms with Gasteiger partial charge in [-0.15, -0.1) is 0 Å². The van der Waals surface area contributed by atoms with Crippen LogP contribution in [0.4, 0.5) is 0 Å². The van der Waals surface area contributed by atoms with Gasteiger partial charge in [0.15, 0.2) is 0 Å². The van der Waals surface area contributed by atoms with Crippen LogP contribution in [0, 0.1) is 0 Å². The van der Waals surface area contributed by atoms with Crippen LogP contribution in [0.1, 0.15) is 89.7 Å². The van der Waals surface area contributed by atoms with E-state index in [0.717, 1.165) is 81.1 Å². The van der Waals surface area contributed by atoms with Gasteiger partial charge >= 0.3 is 11.9 Å². The van der Waals surface area contributed by atoms with Gasteiger partial charge in [0.25, 0.3) is 0 Å². The lowest BCUT2D eigenvalue weighted by Gasteiger charge is -2.19. The number of hydrogen-bond donors (Lipinski definition) is 1. The molecule has 1 N–H and O–H groups in total. The Kier molecular flexibility index (Phi) is 9.57. The predicted octanol–water partition coefficient (Wildman–Crippen LogP) is 10.7. The second-order valence-electron chi connectivity index (χ2n) is 18.3. The summed E-state index contributed by atoms with van der Waals surface area (Å²) in [5.41, 5.74) is 10.7. The summed E-state index contributed by atoms with van der Waals surface area (Å²) in [5, 5.41) is 11.4. The number of carbonyl (C=O) groups excluding carboxylic acids is 1. The summed E-state index contributed by atoms with van der Waals surface area (Å²) in [7, 11) is 0. The van der Waals surface area contributed by atoms with Crippen LogP contribution in [0.2, 0.25) is 0 Å². The van der Waals surface area contributed by atoms with Crippen LogP contribution in [-0.4, -0.2) is 61.4 Å². The molecular weight excluding hydrogens is 825 g/mol. The fourth-order valence-corrected chi connectivity index (χ4v) is 9.08. The zero-order valence-electron chi connectivity index (χ0n) is 36.6. The van der Waals surface area contributed by atoms with Crippen LogP contribution in [0.5, 0.6) is 0 Å². The Hall–Kier alpha value is -8.12. The maximum absolute atomic E-state index is 12.4. The van der Waals surface area contributed by atoms with Crippen molar-refractivity contribution in [2.75, 3.05) is 0 Å². The number of aromatic carboxylic acids is 1. The molecule has 2 fully saturated rings. The van der Waals surface area contributed by atoms with E-state index in [0.29, 0.717) is 17.1 Å². The molecule has 12 rings (SSSR count). The van der Waals surface area contributed by atoms with Crippen molar-refractivity contribution in [2.45, 2.75) is 62.9 Å². The topological polar surface area (TPSA) is 150 Å². The monoisotopic (exact) mass is 868 g/mol. The minimum atomic E-state index is -0.932. The molecule has 0 radical (unpaired) electrons. The van der Waals surface area contributed by atoms with E-state index in [1.54, 1.807) is 30.5 Å². The van der Waals surface area contributed by atoms with E-state index in [-0.39, 0.29) is 22.4 Å². The van der Waals surface area contributed by atoms with Crippen molar-refractivity contribution in [1.82, 2.24) is 38.7 Å². The normalized spacial score (nSPS) is 14.8. The molecule has 0 atom stereocenters. The van der Waals surface area contributed by atoms with Crippen molar-refractivity contribution in [3.63, 3.8) is 0 Å². The molecule has 2 aliphatic carbocycles. The molecule has 6 heterocycles. The number of hydrogen-bond acceptors (Lipinski definition) is 9. The molecule has 0 spiro atoms. The smallest absolute Gasteiger partial charge is 0.338 e. The Balaban J connectivity index is 0.000000147. The van der Waals surface area contributed by atoms with Crippen molar-refractivity contribution >= 4 is 45.3 Å². The number of imidazole rings is 2. The molecule has 324 valence electrons. The maximum Gasteiger partial charge on any atom is 0.338 e. The third kappa shape index (κ3) is 7.39. The van der Waals surface area contributed by atoms with Gasteiger partial charge in [-0.1, -0.05) is 48.5 Å². The molecule has 4 aromatic carbocycles. The quantitative estimate of drug-likeness (QED) is 0.146. The van der Waals surface area contributed by atoms with Crippen LogP contribution in [0.15, 0.2) is 159 Å². The van der Waals surface area contributed by atoms with Crippen LogP contribution in [-0.2, 0) is 15.6 Å². The fourth-order valence-electron chi connectivity index (χ4n) is 9.08. The summed E-state index contributed by atoms with van der Waals surface area (Å²) in [6, 6.07) is 35.5. The second kappa shape index (κ2) is 15.5. The van der Waals surface area contributed by atoms with E-state index in [4.69, 9.17) is 9.84 Å². The Morgan fingerprint density at radius 3 is 1.41 bits per heavy atom. The van der Waals surface area contributed by atoms with Gasteiger partial charge in [-0.05, 0) is 129 Å². The lowest BCUT2D eigenvalue weighted by Crippen LogP contribution is -2.23. The number of ether oxygens (including phenoxy) is 1. The largest absolute Gasteiger partial charge is 0.478 e. The summed E-state index contributed by atoms with van der Waals surface area (Å²) in [6.07, 6.45) is 19.5. The second-order valence-corrected chi connectivity index (χ2v) is 18.3. The van der Waals surface area contributed by atoms with Gasteiger partial charge in [-0.2, -0.15) is 0 Å². The first-order chi connectivity index (χ1) is 32.0. The maximum atomic E-state index is 12.4. The number of carbonyl (C=O) groups is 2. The van der Waals surface area contributed by atoms with Gasteiger partial charge in [0.1, 0.15) is 5.60 Å². The minimum absolute atomic E-state index is 0.0652. The molecular formula is C54H44N8O4. The Morgan fingerprint density at radius 1 is 0.545 bits per heavy atom. The van der Waals surface area contributed by atoms with E-state index in [9.17, 15) is 9.59 Å². The van der Waals surface area contributed by atoms with Gasteiger partial charge in [0, 0.05) is 69.9 Å². The summed E-state index contributed by atoms with van der Waals surface area (Å²) in [6.45, 7) is 5.60. The molecule has 0 saturated heterocycles. The fraction of sp³-hybridized carbons (Fsp3) is 0.185. The molecule has 0 aliphatic heterocycles. The third-order valence-corrected chi connectivity index (χ3v) is 12.8. The number of benzene rings is 4. The molecule has 66 heavy (non-hydrogen) atoms. The van der Waals surface area contributed by atoms with Crippen LogP contribution >= 0.6 is 0 Å². The minimum Gasteiger partial charge on any atom is -0.478 e. The van der Waals surface area contributed by atoms with Gasteiger partial charge < -0.3 is 9.84 Å². The average Bonchev–Trinajstić information content (AvgIpc) is 4.24. The summed E-state index contributed by atoms with van der Waals surface area (Å²) < 4.78 is 9.66. The zero-order chi connectivity index (χ0) is 45.2. The van der Waals surface area contributed by atoms with Crippen LogP contribution < -0.4 is 0 Å². The number of pyridine rings is 2. The molecule has 12 heteroatoms. The molecule has 10 aromatic rings. The van der Waals surface area contributed by atoms with Crippen molar-refractivity contribution < 1.29 is 19.4 Å². The summed E-state index contributed by atoms with van der Waals surface area (Å²) >= 11 is 0. The number of fused-ring (bicyclic) bond motifs is 4. The number of esters is 1. The lowest BCUT2D eigenvalue weighted by molar-refractivity contribution is 0.00692. The Morgan fingerprint density at radius 2 is 0.985 bits per heavy atom. The number of aromatic nitrogens is 8. The Bertz CT molecular complexity index is 3510. The van der Waals surface area contributed by atoms with E-state index in [2.05, 4.69) is 93.4 Å². The van der Waals surface area contributed by atoms with E-state index in [1.807, 2.05) is 94.4 Å². The third-order valence-electron chi connectivity index (χ3n) is 12.8. The number of rotatable bonds is 8. The Labute approximate surface area is 379 Å². The van der Waals surface area contributed by atoms with Crippen molar-refractivity contribution in [1.29, 1.82) is 0 Å². The number of nitrogens with zero attached hydrogens (tertiary/aromatic N) is 8. The van der Waals surface area contributed by atoms with Gasteiger partial charge in [0.2, 0.25) is 11.6 Å². The van der Waals surface area contributed by atoms with Gasteiger partial charge in [-0.25, -0.2) is 29.5 Å². The molecule has 2 saturated carbocycles. The first kappa shape index (κ1) is 40.6. The predicted molar refractivity (Wildman–Crippen MR) is 252 cm³/mol. The van der Waals surface area contributed by atoms with Crippen molar-refractivity contribution in [3.05, 3.63) is 192 Å². The molecule has 0 unspecified atom stereocenters.